The molecular weight excluding hydrogens is 615 g/mol. The summed E-state index contributed by atoms with van der Waals surface area (Å²) in [6.45, 7) is 22.2. The van der Waals surface area contributed by atoms with Crippen molar-refractivity contribution in [2.75, 3.05) is 66.0 Å². The fourth-order valence-corrected chi connectivity index (χ4v) is 8.19. The zero-order valence-electron chi connectivity index (χ0n) is 34.9. The second kappa shape index (κ2) is 32.7. The van der Waals surface area contributed by atoms with Crippen LogP contribution in [0.1, 0.15) is 195 Å². The molecule has 1 unspecified atom stereocenters. The molecular formula is C45H89N3O2. The predicted octanol–water partition coefficient (Wildman–Crippen LogP) is 12.1. The van der Waals surface area contributed by atoms with Crippen molar-refractivity contribution in [2.24, 2.45) is 11.3 Å². The van der Waals surface area contributed by atoms with Gasteiger partial charge in [0.15, 0.2) is 0 Å². The highest BCUT2D eigenvalue weighted by atomic mass is 16.5. The van der Waals surface area contributed by atoms with Crippen molar-refractivity contribution in [2.45, 2.75) is 195 Å². The van der Waals surface area contributed by atoms with Crippen LogP contribution in [-0.4, -0.2) is 87.0 Å². The molecule has 1 atom stereocenters. The number of nitrogens with zero attached hydrogens (tertiary/aromatic N) is 3. The smallest absolute Gasteiger partial charge is 0.119 e. The zero-order valence-corrected chi connectivity index (χ0v) is 34.9. The van der Waals surface area contributed by atoms with E-state index in [4.69, 9.17) is 4.74 Å². The maximum absolute atomic E-state index is 10.8. The molecule has 1 saturated heterocycles. The van der Waals surface area contributed by atoms with Crippen LogP contribution in [0.2, 0.25) is 0 Å². The second-order valence-electron chi connectivity index (χ2n) is 16.3. The molecule has 0 aromatic rings. The van der Waals surface area contributed by atoms with Gasteiger partial charge in [0.1, 0.15) is 6.29 Å². The third-order valence-corrected chi connectivity index (χ3v) is 11.6. The molecule has 0 aliphatic carbocycles. The number of unbranched alkanes of at least 4 members (excludes halogenated alkanes) is 13. The van der Waals surface area contributed by atoms with Crippen molar-refractivity contribution in [1.29, 1.82) is 0 Å². The summed E-state index contributed by atoms with van der Waals surface area (Å²) in [7, 11) is 2.30. The van der Waals surface area contributed by atoms with Gasteiger partial charge < -0.3 is 24.2 Å². The van der Waals surface area contributed by atoms with Crippen LogP contribution in [0.25, 0.3) is 0 Å². The van der Waals surface area contributed by atoms with Crippen LogP contribution in [0.4, 0.5) is 0 Å². The number of carbonyl (C=O) groups excluding carboxylic acids is 1. The molecule has 50 heavy (non-hydrogen) atoms. The average molecular weight is 704 g/mol. The van der Waals surface area contributed by atoms with E-state index >= 15 is 0 Å². The summed E-state index contributed by atoms with van der Waals surface area (Å²) in [5, 5.41) is 0. The Labute approximate surface area is 314 Å². The molecule has 1 fully saturated rings. The van der Waals surface area contributed by atoms with Gasteiger partial charge in [-0.15, -0.1) is 0 Å². The maximum Gasteiger partial charge on any atom is 0.119 e. The number of rotatable bonds is 36. The molecule has 0 amide bonds. The van der Waals surface area contributed by atoms with Gasteiger partial charge in [0.25, 0.3) is 0 Å². The zero-order chi connectivity index (χ0) is 36.5. The first kappa shape index (κ1) is 47.1. The van der Waals surface area contributed by atoms with Gasteiger partial charge in [0.2, 0.25) is 0 Å². The molecule has 0 aromatic heterocycles. The van der Waals surface area contributed by atoms with Crippen molar-refractivity contribution >= 4 is 6.29 Å². The van der Waals surface area contributed by atoms with Crippen LogP contribution in [0.15, 0.2) is 11.8 Å². The van der Waals surface area contributed by atoms with Crippen molar-refractivity contribution in [3.63, 3.8) is 0 Å². The van der Waals surface area contributed by atoms with E-state index in [1.54, 1.807) is 0 Å². The maximum atomic E-state index is 10.8. The summed E-state index contributed by atoms with van der Waals surface area (Å²) in [5.74, 6) is 1.98. The molecule has 296 valence electrons. The third kappa shape index (κ3) is 24.4. The lowest BCUT2D eigenvalue weighted by Crippen LogP contribution is -2.47. The molecule has 1 aliphatic rings. The highest BCUT2D eigenvalue weighted by Gasteiger charge is 2.34. The fourth-order valence-electron chi connectivity index (χ4n) is 8.19. The van der Waals surface area contributed by atoms with E-state index in [2.05, 4.69) is 62.4 Å². The summed E-state index contributed by atoms with van der Waals surface area (Å²) < 4.78 is 6.59. The Morgan fingerprint density at radius 1 is 0.740 bits per heavy atom. The molecule has 5 heteroatoms. The molecule has 1 aliphatic heterocycles. The Kier molecular flexibility index (Phi) is 30.8. The molecule has 1 rings (SSSR count). The SMILES string of the molecule is CC/C=C(\CCCCCN(CCCCCC=O)CCN1CCC(CCC)(CN(C)CC)CC1)OCC(CCCCCC)CCCCCCCC. The summed E-state index contributed by atoms with van der Waals surface area (Å²) >= 11 is 0. The Morgan fingerprint density at radius 3 is 1.94 bits per heavy atom. The van der Waals surface area contributed by atoms with Crippen molar-refractivity contribution in [3.8, 4) is 0 Å². The standard InChI is InChI=1S/C45H89N3O2/c1-7-12-14-16-17-22-29-43(28-21-15-13-8-2)41-50-44(27-9-3)30-23-20-25-35-47(34-24-18-19-26-40-49)38-39-48-36-32-45(31-10-4,33-37-48)42-46(6)11-5/h27,40,43H,7-26,28-39,41-42H2,1-6H3/b44-27+. The summed E-state index contributed by atoms with van der Waals surface area (Å²) in [4.78, 5) is 18.9. The number of likely N-dealkylation sites (tertiary alicyclic amines) is 1. The van der Waals surface area contributed by atoms with Gasteiger partial charge in [-0.3, -0.25) is 0 Å². The number of piperidine rings is 1. The molecule has 0 saturated carbocycles. The largest absolute Gasteiger partial charge is 0.498 e. The van der Waals surface area contributed by atoms with E-state index in [0.717, 1.165) is 51.0 Å². The topological polar surface area (TPSA) is 36.0 Å². The molecule has 5 nitrogen and oxygen atoms in total. The molecule has 0 bridgehead atoms. The Balaban J connectivity index is 2.54. The van der Waals surface area contributed by atoms with Crippen LogP contribution in [-0.2, 0) is 9.53 Å². The van der Waals surface area contributed by atoms with Gasteiger partial charge >= 0.3 is 0 Å². The van der Waals surface area contributed by atoms with E-state index in [9.17, 15) is 4.79 Å². The lowest BCUT2D eigenvalue weighted by atomic mass is 9.74. The number of carbonyl (C=O) groups is 1. The lowest BCUT2D eigenvalue weighted by Gasteiger charge is -2.44. The monoisotopic (exact) mass is 704 g/mol. The van der Waals surface area contributed by atoms with Crippen LogP contribution in [0, 0.1) is 11.3 Å². The van der Waals surface area contributed by atoms with E-state index < -0.39 is 0 Å². The quantitative estimate of drug-likeness (QED) is 0.0369. The number of hydrogen-bond acceptors (Lipinski definition) is 5. The summed E-state index contributed by atoms with van der Waals surface area (Å²) in [5.41, 5.74) is 0.520. The molecule has 1 heterocycles. The highest BCUT2D eigenvalue weighted by molar-refractivity contribution is 5.48. The van der Waals surface area contributed by atoms with Crippen molar-refractivity contribution < 1.29 is 9.53 Å². The van der Waals surface area contributed by atoms with Gasteiger partial charge in [-0.1, -0.05) is 118 Å². The van der Waals surface area contributed by atoms with Crippen LogP contribution < -0.4 is 0 Å². The van der Waals surface area contributed by atoms with Gasteiger partial charge in [-0.2, -0.15) is 0 Å². The predicted molar refractivity (Wildman–Crippen MR) is 220 cm³/mol. The highest BCUT2D eigenvalue weighted by Crippen LogP contribution is 2.37. The van der Waals surface area contributed by atoms with Crippen molar-refractivity contribution in [1.82, 2.24) is 14.7 Å². The van der Waals surface area contributed by atoms with Crippen LogP contribution >= 0.6 is 0 Å². The minimum absolute atomic E-state index is 0.520. The molecule has 0 radical (unpaired) electrons. The molecule has 0 aromatic carbocycles. The van der Waals surface area contributed by atoms with Gasteiger partial charge in [-0.25, -0.2) is 0 Å². The van der Waals surface area contributed by atoms with Gasteiger partial charge in [0, 0.05) is 32.5 Å². The van der Waals surface area contributed by atoms with E-state index in [1.165, 1.54) is 186 Å². The van der Waals surface area contributed by atoms with Crippen molar-refractivity contribution in [3.05, 3.63) is 11.8 Å². The number of aldehydes is 1. The first-order chi connectivity index (χ1) is 24.4. The fraction of sp³-hybridized carbons (Fsp3) is 0.933. The summed E-state index contributed by atoms with van der Waals surface area (Å²) in [6.07, 6.45) is 35.3. The lowest BCUT2D eigenvalue weighted by molar-refractivity contribution is -0.107. The third-order valence-electron chi connectivity index (χ3n) is 11.6. The van der Waals surface area contributed by atoms with Gasteiger partial charge in [0.05, 0.1) is 12.4 Å². The Morgan fingerprint density at radius 2 is 1.34 bits per heavy atom. The van der Waals surface area contributed by atoms with E-state index in [1.807, 2.05) is 0 Å². The van der Waals surface area contributed by atoms with Gasteiger partial charge in [-0.05, 0) is 121 Å². The second-order valence-corrected chi connectivity index (χ2v) is 16.3. The number of hydrogen-bond donors (Lipinski definition) is 0. The summed E-state index contributed by atoms with van der Waals surface area (Å²) in [6, 6.07) is 0. The Hall–Kier alpha value is -0.910. The number of allylic oxidation sites excluding steroid dienone is 2. The normalized spacial score (nSPS) is 16.0. The average Bonchev–Trinajstić information content (AvgIpc) is 3.12. The minimum Gasteiger partial charge on any atom is -0.498 e. The van der Waals surface area contributed by atoms with Crippen LogP contribution in [0.5, 0.6) is 0 Å². The first-order valence-electron chi connectivity index (χ1n) is 22.3. The minimum atomic E-state index is 0.520. The van der Waals surface area contributed by atoms with E-state index in [-0.39, 0.29) is 0 Å². The van der Waals surface area contributed by atoms with Crippen LogP contribution in [0.3, 0.4) is 0 Å². The first-order valence-corrected chi connectivity index (χ1v) is 22.3. The molecule has 0 spiro atoms. The number of ether oxygens (including phenoxy) is 1. The Bertz CT molecular complexity index is 778. The molecule has 0 N–H and O–H groups in total. The van der Waals surface area contributed by atoms with E-state index in [0.29, 0.717) is 5.41 Å².